The summed E-state index contributed by atoms with van der Waals surface area (Å²) in [6.45, 7) is 0. The van der Waals surface area contributed by atoms with Crippen molar-refractivity contribution in [2.24, 2.45) is 5.92 Å². The van der Waals surface area contributed by atoms with Crippen LogP contribution in [0.5, 0.6) is 0 Å². The molecule has 0 spiro atoms. The molecule has 2 atom stereocenters. The van der Waals surface area contributed by atoms with Crippen LogP contribution in [0.3, 0.4) is 0 Å². The van der Waals surface area contributed by atoms with E-state index in [9.17, 15) is 0 Å². The summed E-state index contributed by atoms with van der Waals surface area (Å²) in [6.07, 6.45) is 10.5. The molecular formula is C13H18N2O. The van der Waals surface area contributed by atoms with E-state index in [1.54, 1.807) is 12.4 Å². The molecule has 1 aromatic rings. The molecule has 16 heavy (non-hydrogen) atoms. The van der Waals surface area contributed by atoms with Gasteiger partial charge in [-0.05, 0) is 44.1 Å². The van der Waals surface area contributed by atoms with Crippen LogP contribution in [-0.2, 0) is 4.74 Å². The lowest BCUT2D eigenvalue weighted by Gasteiger charge is -2.31. The molecule has 1 saturated heterocycles. The van der Waals surface area contributed by atoms with Crippen LogP contribution in [0.2, 0.25) is 0 Å². The number of nitrogens with two attached hydrogens (primary N) is 1. The lowest BCUT2D eigenvalue weighted by Crippen LogP contribution is -2.24. The van der Waals surface area contributed by atoms with Gasteiger partial charge in [0.15, 0.2) is 0 Å². The highest BCUT2D eigenvalue weighted by Gasteiger charge is 2.36. The summed E-state index contributed by atoms with van der Waals surface area (Å²) >= 11 is 0. The maximum atomic E-state index is 6.17. The summed E-state index contributed by atoms with van der Waals surface area (Å²) in [5.41, 5.74) is 7.84. The minimum atomic E-state index is 0.197. The summed E-state index contributed by atoms with van der Waals surface area (Å²) in [4.78, 5) is 4.03. The standard InChI is InChI=1S/C13H18N2O/c14-11-8-15-7-6-10(11)13-3-1-2-12(16-13)9-4-5-9/h6-9,12-13H,1-5,14H2/t12-,13-/m1/s1. The number of hydrogen-bond donors (Lipinski definition) is 1. The number of nitrogens with zero attached hydrogens (tertiary/aromatic N) is 1. The van der Waals surface area contributed by atoms with Gasteiger partial charge in [0.05, 0.1) is 24.1 Å². The zero-order valence-corrected chi connectivity index (χ0v) is 9.43. The van der Waals surface area contributed by atoms with E-state index in [2.05, 4.69) is 4.98 Å². The zero-order chi connectivity index (χ0) is 11.0. The maximum absolute atomic E-state index is 6.17. The SMILES string of the molecule is Nc1cnccc1[C@H]1CCC[C@H](C2CC2)O1. The molecule has 2 heterocycles. The van der Waals surface area contributed by atoms with Crippen molar-refractivity contribution in [3.8, 4) is 0 Å². The Labute approximate surface area is 96.0 Å². The van der Waals surface area contributed by atoms with Crippen molar-refractivity contribution in [2.75, 3.05) is 5.73 Å². The average molecular weight is 218 g/mol. The number of aromatic nitrogens is 1. The van der Waals surface area contributed by atoms with Crippen molar-refractivity contribution in [1.82, 2.24) is 4.98 Å². The van der Waals surface area contributed by atoms with E-state index in [1.807, 2.05) is 6.07 Å². The van der Waals surface area contributed by atoms with Crippen LogP contribution in [0.25, 0.3) is 0 Å². The summed E-state index contributed by atoms with van der Waals surface area (Å²) < 4.78 is 6.17. The van der Waals surface area contributed by atoms with Crippen molar-refractivity contribution in [3.63, 3.8) is 0 Å². The highest BCUT2D eigenvalue weighted by atomic mass is 16.5. The molecule has 1 saturated carbocycles. The molecule has 3 nitrogen and oxygen atoms in total. The second kappa shape index (κ2) is 4.06. The van der Waals surface area contributed by atoms with Crippen LogP contribution < -0.4 is 5.73 Å². The molecule has 0 radical (unpaired) electrons. The van der Waals surface area contributed by atoms with Gasteiger partial charge in [-0.1, -0.05) is 0 Å². The van der Waals surface area contributed by atoms with Crippen LogP contribution >= 0.6 is 0 Å². The molecule has 3 heteroatoms. The third-order valence-electron chi connectivity index (χ3n) is 3.68. The van der Waals surface area contributed by atoms with Gasteiger partial charge in [-0.25, -0.2) is 0 Å². The summed E-state index contributed by atoms with van der Waals surface area (Å²) in [5.74, 6) is 0.825. The molecule has 0 amide bonds. The number of pyridine rings is 1. The Morgan fingerprint density at radius 1 is 1.25 bits per heavy atom. The Morgan fingerprint density at radius 3 is 2.88 bits per heavy atom. The Hall–Kier alpha value is -1.09. The fraction of sp³-hybridized carbons (Fsp3) is 0.615. The Kier molecular flexibility index (Phi) is 2.56. The van der Waals surface area contributed by atoms with Crippen molar-refractivity contribution in [3.05, 3.63) is 24.0 Å². The zero-order valence-electron chi connectivity index (χ0n) is 9.43. The van der Waals surface area contributed by atoms with E-state index in [-0.39, 0.29) is 6.10 Å². The van der Waals surface area contributed by atoms with Crippen molar-refractivity contribution in [2.45, 2.75) is 44.3 Å². The number of hydrogen-bond acceptors (Lipinski definition) is 3. The van der Waals surface area contributed by atoms with Gasteiger partial charge in [-0.2, -0.15) is 0 Å². The topological polar surface area (TPSA) is 48.1 Å². The summed E-state index contributed by atoms with van der Waals surface area (Å²) in [5, 5.41) is 0. The molecule has 1 aromatic heterocycles. The van der Waals surface area contributed by atoms with Crippen LogP contribution in [-0.4, -0.2) is 11.1 Å². The molecule has 2 N–H and O–H groups in total. The smallest absolute Gasteiger partial charge is 0.0849 e. The Morgan fingerprint density at radius 2 is 2.12 bits per heavy atom. The molecular weight excluding hydrogens is 200 g/mol. The maximum Gasteiger partial charge on any atom is 0.0849 e. The van der Waals surface area contributed by atoms with Gasteiger partial charge in [0.1, 0.15) is 0 Å². The van der Waals surface area contributed by atoms with Gasteiger partial charge < -0.3 is 10.5 Å². The first-order valence-corrected chi connectivity index (χ1v) is 6.19. The largest absolute Gasteiger partial charge is 0.397 e. The van der Waals surface area contributed by atoms with Gasteiger partial charge in [0, 0.05) is 11.8 Å². The second-order valence-electron chi connectivity index (χ2n) is 4.94. The van der Waals surface area contributed by atoms with Crippen LogP contribution in [0, 0.1) is 5.92 Å². The first kappa shape index (κ1) is 10.1. The van der Waals surface area contributed by atoms with Gasteiger partial charge in [0.2, 0.25) is 0 Å². The summed E-state index contributed by atoms with van der Waals surface area (Å²) in [7, 11) is 0. The fourth-order valence-corrected chi connectivity index (χ4v) is 2.61. The number of rotatable bonds is 2. The lowest BCUT2D eigenvalue weighted by molar-refractivity contribution is -0.0615. The highest BCUT2D eigenvalue weighted by Crippen LogP contribution is 2.43. The molecule has 0 aromatic carbocycles. The van der Waals surface area contributed by atoms with Crippen molar-refractivity contribution < 1.29 is 4.74 Å². The fourth-order valence-electron chi connectivity index (χ4n) is 2.61. The van der Waals surface area contributed by atoms with Crippen LogP contribution in [0.15, 0.2) is 18.5 Å². The molecule has 0 bridgehead atoms. The Balaban J connectivity index is 1.76. The van der Waals surface area contributed by atoms with E-state index in [0.717, 1.165) is 23.6 Å². The van der Waals surface area contributed by atoms with E-state index < -0.39 is 0 Å². The predicted molar refractivity (Wildman–Crippen MR) is 62.8 cm³/mol. The summed E-state index contributed by atoms with van der Waals surface area (Å²) in [6, 6.07) is 2.00. The minimum absolute atomic E-state index is 0.197. The van der Waals surface area contributed by atoms with E-state index in [4.69, 9.17) is 10.5 Å². The van der Waals surface area contributed by atoms with Crippen molar-refractivity contribution in [1.29, 1.82) is 0 Å². The Bertz CT molecular complexity index is 376. The first-order chi connectivity index (χ1) is 7.84. The average Bonchev–Trinajstić information content (AvgIpc) is 3.14. The molecule has 2 aliphatic rings. The monoisotopic (exact) mass is 218 g/mol. The normalized spacial score (nSPS) is 30.2. The van der Waals surface area contributed by atoms with Crippen LogP contribution in [0.4, 0.5) is 5.69 Å². The first-order valence-electron chi connectivity index (χ1n) is 6.19. The van der Waals surface area contributed by atoms with Gasteiger partial charge in [-0.3, -0.25) is 4.98 Å². The van der Waals surface area contributed by atoms with E-state index in [0.29, 0.717) is 6.10 Å². The molecule has 1 aliphatic carbocycles. The third-order valence-corrected chi connectivity index (χ3v) is 3.68. The number of ether oxygens (including phenoxy) is 1. The van der Waals surface area contributed by atoms with E-state index in [1.165, 1.54) is 25.7 Å². The lowest BCUT2D eigenvalue weighted by atomic mass is 9.96. The molecule has 1 aliphatic heterocycles. The molecule has 2 fully saturated rings. The minimum Gasteiger partial charge on any atom is -0.397 e. The van der Waals surface area contributed by atoms with E-state index >= 15 is 0 Å². The van der Waals surface area contributed by atoms with Gasteiger partial charge >= 0.3 is 0 Å². The number of anilines is 1. The molecule has 3 rings (SSSR count). The third kappa shape index (κ3) is 1.92. The number of nitrogen functional groups attached to an aromatic ring is 1. The molecule has 0 unspecified atom stereocenters. The highest BCUT2D eigenvalue weighted by molar-refractivity contribution is 5.45. The second-order valence-corrected chi connectivity index (χ2v) is 4.94. The quantitative estimate of drug-likeness (QED) is 0.830. The van der Waals surface area contributed by atoms with Gasteiger partial charge in [-0.15, -0.1) is 0 Å². The molecule has 86 valence electrons. The van der Waals surface area contributed by atoms with Gasteiger partial charge in [0.25, 0.3) is 0 Å². The van der Waals surface area contributed by atoms with Crippen LogP contribution in [0.1, 0.15) is 43.8 Å². The van der Waals surface area contributed by atoms with Crippen molar-refractivity contribution >= 4 is 5.69 Å². The predicted octanol–water partition coefficient (Wildman–Crippen LogP) is 2.68.